The third-order valence-electron chi connectivity index (χ3n) is 3.44. The molecule has 0 atom stereocenters. The Balaban J connectivity index is 2.08. The van der Waals surface area contributed by atoms with Crippen LogP contribution < -0.4 is 5.32 Å². The minimum Gasteiger partial charge on any atom is -0.325 e. The third kappa shape index (κ3) is 4.71. The van der Waals surface area contributed by atoms with Crippen LogP contribution >= 0.6 is 0 Å². The van der Waals surface area contributed by atoms with Crippen LogP contribution in [0.5, 0.6) is 0 Å². The van der Waals surface area contributed by atoms with Crippen molar-refractivity contribution in [1.29, 1.82) is 0 Å². The number of Topliss-reactive ketones (excluding diaryl/α,β-unsaturated/α-hetero) is 1. The van der Waals surface area contributed by atoms with E-state index in [2.05, 4.69) is 5.32 Å². The second-order valence-corrected chi connectivity index (χ2v) is 7.45. The monoisotopic (exact) mass is 364 g/mol. The van der Waals surface area contributed by atoms with Crippen LogP contribution in [-0.4, -0.2) is 38.0 Å². The molecule has 2 aromatic rings. The fourth-order valence-electron chi connectivity index (χ4n) is 2.10. The lowest BCUT2D eigenvalue weighted by Gasteiger charge is -2.17. The fourth-order valence-corrected chi connectivity index (χ4v) is 3.22. The zero-order valence-corrected chi connectivity index (χ0v) is 14.5. The SMILES string of the molecule is CC(=O)c1ccc(S(=O)(=O)N(C)CC(=O)Nc2cccc(F)c2)cc1. The Labute approximate surface area is 145 Å². The summed E-state index contributed by atoms with van der Waals surface area (Å²) in [6.45, 7) is 0.944. The van der Waals surface area contributed by atoms with Crippen molar-refractivity contribution in [2.45, 2.75) is 11.8 Å². The molecule has 0 unspecified atom stereocenters. The van der Waals surface area contributed by atoms with Crippen LogP contribution in [0, 0.1) is 5.82 Å². The van der Waals surface area contributed by atoms with Gasteiger partial charge in [-0.15, -0.1) is 0 Å². The van der Waals surface area contributed by atoms with Crippen LogP contribution in [0.3, 0.4) is 0 Å². The van der Waals surface area contributed by atoms with E-state index in [9.17, 15) is 22.4 Å². The highest BCUT2D eigenvalue weighted by Crippen LogP contribution is 2.16. The molecule has 25 heavy (non-hydrogen) atoms. The second-order valence-electron chi connectivity index (χ2n) is 5.40. The number of ketones is 1. The van der Waals surface area contributed by atoms with Crippen molar-refractivity contribution in [3.8, 4) is 0 Å². The topological polar surface area (TPSA) is 83.6 Å². The Kier molecular flexibility index (Phi) is 5.66. The van der Waals surface area contributed by atoms with E-state index in [1.807, 2.05) is 0 Å². The highest BCUT2D eigenvalue weighted by atomic mass is 32.2. The van der Waals surface area contributed by atoms with Crippen molar-refractivity contribution in [2.75, 3.05) is 18.9 Å². The van der Waals surface area contributed by atoms with Gasteiger partial charge in [-0.25, -0.2) is 12.8 Å². The highest BCUT2D eigenvalue weighted by molar-refractivity contribution is 7.89. The Morgan fingerprint density at radius 2 is 1.76 bits per heavy atom. The van der Waals surface area contributed by atoms with Gasteiger partial charge in [0.15, 0.2) is 5.78 Å². The van der Waals surface area contributed by atoms with Crippen LogP contribution in [0.25, 0.3) is 0 Å². The first-order chi connectivity index (χ1) is 11.7. The number of rotatable bonds is 6. The summed E-state index contributed by atoms with van der Waals surface area (Å²) in [5, 5.41) is 2.43. The Hall–Kier alpha value is -2.58. The maximum Gasteiger partial charge on any atom is 0.243 e. The molecule has 0 saturated heterocycles. The number of amides is 1. The molecule has 0 aliphatic heterocycles. The predicted octanol–water partition coefficient (Wildman–Crippen LogP) is 2.29. The number of nitrogens with one attached hydrogen (secondary N) is 1. The van der Waals surface area contributed by atoms with Crippen LogP contribution in [0.1, 0.15) is 17.3 Å². The van der Waals surface area contributed by atoms with Crippen LogP contribution in [0.15, 0.2) is 53.4 Å². The number of sulfonamides is 1. The second kappa shape index (κ2) is 7.54. The van der Waals surface area contributed by atoms with Gasteiger partial charge in [0.1, 0.15) is 5.82 Å². The summed E-state index contributed by atoms with van der Waals surface area (Å²) >= 11 is 0. The van der Waals surface area contributed by atoms with Crippen molar-refractivity contribution < 1.29 is 22.4 Å². The number of carbonyl (C=O) groups excluding carboxylic acids is 2. The van der Waals surface area contributed by atoms with Crippen LogP contribution in [-0.2, 0) is 14.8 Å². The van der Waals surface area contributed by atoms with E-state index in [1.165, 1.54) is 56.4 Å². The maximum absolute atomic E-state index is 13.1. The van der Waals surface area contributed by atoms with Crippen molar-refractivity contribution in [2.24, 2.45) is 0 Å². The summed E-state index contributed by atoms with van der Waals surface area (Å²) in [6, 6.07) is 10.7. The lowest BCUT2D eigenvalue weighted by atomic mass is 10.2. The Morgan fingerprint density at radius 1 is 1.12 bits per heavy atom. The van der Waals surface area contributed by atoms with E-state index in [0.29, 0.717) is 5.56 Å². The first-order valence-electron chi connectivity index (χ1n) is 7.33. The molecule has 0 aromatic heterocycles. The summed E-state index contributed by atoms with van der Waals surface area (Å²) in [6.07, 6.45) is 0. The van der Waals surface area contributed by atoms with E-state index < -0.39 is 28.3 Å². The molecule has 1 amide bonds. The van der Waals surface area contributed by atoms with Gasteiger partial charge in [0, 0.05) is 18.3 Å². The highest BCUT2D eigenvalue weighted by Gasteiger charge is 2.23. The number of likely N-dealkylation sites (N-methyl/N-ethyl adjacent to an activating group) is 1. The molecule has 0 fully saturated rings. The van der Waals surface area contributed by atoms with Gasteiger partial charge in [0.05, 0.1) is 11.4 Å². The number of carbonyl (C=O) groups is 2. The zero-order chi connectivity index (χ0) is 18.6. The molecule has 0 bridgehead atoms. The van der Waals surface area contributed by atoms with Gasteiger partial charge in [-0.05, 0) is 37.3 Å². The number of hydrogen-bond acceptors (Lipinski definition) is 4. The average Bonchev–Trinajstić information content (AvgIpc) is 2.54. The molecule has 132 valence electrons. The lowest BCUT2D eigenvalue weighted by Crippen LogP contribution is -2.35. The van der Waals surface area contributed by atoms with E-state index >= 15 is 0 Å². The van der Waals surface area contributed by atoms with Crippen molar-refractivity contribution in [1.82, 2.24) is 4.31 Å². The van der Waals surface area contributed by atoms with Gasteiger partial charge < -0.3 is 5.32 Å². The zero-order valence-electron chi connectivity index (χ0n) is 13.7. The maximum atomic E-state index is 13.1. The van der Waals surface area contributed by atoms with E-state index in [-0.39, 0.29) is 16.4 Å². The summed E-state index contributed by atoms with van der Waals surface area (Å²) < 4.78 is 38.9. The van der Waals surface area contributed by atoms with Crippen molar-refractivity contribution in [3.05, 3.63) is 59.9 Å². The number of nitrogens with zero attached hydrogens (tertiary/aromatic N) is 1. The minimum atomic E-state index is -3.89. The van der Waals surface area contributed by atoms with Crippen molar-refractivity contribution in [3.63, 3.8) is 0 Å². The van der Waals surface area contributed by atoms with Gasteiger partial charge in [-0.3, -0.25) is 9.59 Å². The largest absolute Gasteiger partial charge is 0.325 e. The van der Waals surface area contributed by atoms with E-state index in [1.54, 1.807) is 0 Å². The number of anilines is 1. The molecule has 0 saturated carbocycles. The molecule has 8 heteroatoms. The van der Waals surface area contributed by atoms with Gasteiger partial charge in [0.2, 0.25) is 15.9 Å². The molecule has 1 N–H and O–H groups in total. The number of benzene rings is 2. The van der Waals surface area contributed by atoms with Gasteiger partial charge in [-0.1, -0.05) is 18.2 Å². The molecule has 2 rings (SSSR count). The van der Waals surface area contributed by atoms with Crippen LogP contribution in [0.2, 0.25) is 0 Å². The molecule has 2 aromatic carbocycles. The van der Waals surface area contributed by atoms with E-state index in [4.69, 9.17) is 0 Å². The van der Waals surface area contributed by atoms with Crippen molar-refractivity contribution >= 4 is 27.4 Å². The summed E-state index contributed by atoms with van der Waals surface area (Å²) in [5.41, 5.74) is 0.632. The standard InChI is InChI=1S/C17H17FN2O4S/c1-12(21)13-6-8-16(9-7-13)25(23,24)20(2)11-17(22)19-15-5-3-4-14(18)10-15/h3-10H,11H2,1-2H3,(H,19,22). The average molecular weight is 364 g/mol. The van der Waals surface area contributed by atoms with Gasteiger partial charge in [0.25, 0.3) is 0 Å². The lowest BCUT2D eigenvalue weighted by molar-refractivity contribution is -0.116. The first kappa shape index (κ1) is 18.8. The molecule has 6 nitrogen and oxygen atoms in total. The molecule has 0 radical (unpaired) electrons. The summed E-state index contributed by atoms with van der Waals surface area (Å²) in [4.78, 5) is 23.2. The minimum absolute atomic E-state index is 0.0291. The molecule has 0 spiro atoms. The molecule has 0 aliphatic rings. The molecule has 0 aliphatic carbocycles. The first-order valence-corrected chi connectivity index (χ1v) is 8.77. The van der Waals surface area contributed by atoms with E-state index in [0.717, 1.165) is 10.4 Å². The van der Waals surface area contributed by atoms with Gasteiger partial charge >= 0.3 is 0 Å². The molecule has 0 heterocycles. The normalized spacial score (nSPS) is 11.4. The molecular formula is C17H17FN2O4S. The Bertz CT molecular complexity index is 895. The summed E-state index contributed by atoms with van der Waals surface area (Å²) in [7, 11) is -2.63. The fraction of sp³-hybridized carbons (Fsp3) is 0.176. The predicted molar refractivity (Wildman–Crippen MR) is 91.3 cm³/mol. The third-order valence-corrected chi connectivity index (χ3v) is 5.26. The number of hydrogen-bond donors (Lipinski definition) is 1. The molecular weight excluding hydrogens is 347 g/mol. The smallest absolute Gasteiger partial charge is 0.243 e. The van der Waals surface area contributed by atoms with Gasteiger partial charge in [-0.2, -0.15) is 4.31 Å². The Morgan fingerprint density at radius 3 is 2.32 bits per heavy atom. The quantitative estimate of drug-likeness (QED) is 0.797. The number of halogens is 1. The summed E-state index contributed by atoms with van der Waals surface area (Å²) in [5.74, 6) is -1.28. The van der Waals surface area contributed by atoms with Crippen LogP contribution in [0.4, 0.5) is 10.1 Å².